The van der Waals surface area contributed by atoms with Gasteiger partial charge < -0.3 is 9.13 Å². The third-order valence-corrected chi connectivity index (χ3v) is 3.91. The molecule has 0 aliphatic carbocycles. The second-order valence-electron chi connectivity index (χ2n) is 4.86. The molecule has 0 fully saturated rings. The van der Waals surface area contributed by atoms with Crippen molar-refractivity contribution in [3.05, 3.63) is 64.7 Å². The first kappa shape index (κ1) is 13.6. The lowest BCUT2D eigenvalue weighted by Crippen LogP contribution is -2.26. The normalized spacial score (nSPS) is 11.0. The lowest BCUT2D eigenvalue weighted by Gasteiger charge is -2.05. The molecule has 0 saturated carbocycles. The van der Waals surface area contributed by atoms with E-state index in [-0.39, 0.29) is 17.9 Å². The summed E-state index contributed by atoms with van der Waals surface area (Å²) in [4.78, 5) is 12.4. The Balaban J connectivity index is 2.07. The molecule has 1 heterocycles. The van der Waals surface area contributed by atoms with Crippen LogP contribution in [-0.2, 0) is 13.6 Å². The van der Waals surface area contributed by atoms with Crippen molar-refractivity contribution >= 4 is 28.4 Å². The Kier molecular flexibility index (Phi) is 3.39. The molecule has 3 aromatic rings. The number of rotatable bonds is 3. The lowest BCUT2D eigenvalue weighted by atomic mass is 10.1. The molecule has 3 rings (SSSR count). The van der Waals surface area contributed by atoms with Gasteiger partial charge in [0.25, 0.3) is 0 Å². The number of ketones is 1. The first-order chi connectivity index (χ1) is 10.1. The molecule has 0 aliphatic rings. The number of halogens is 1. The summed E-state index contributed by atoms with van der Waals surface area (Å²) < 4.78 is 3.45. The van der Waals surface area contributed by atoms with E-state index in [1.165, 1.54) is 0 Å². The van der Waals surface area contributed by atoms with Crippen molar-refractivity contribution in [2.24, 2.45) is 7.05 Å². The van der Waals surface area contributed by atoms with Crippen LogP contribution in [0.2, 0.25) is 5.02 Å². The molecule has 5 heteroatoms. The second kappa shape index (κ2) is 5.22. The minimum Gasteiger partial charge on any atom is -0.313 e. The second-order valence-corrected chi connectivity index (χ2v) is 5.27. The van der Waals surface area contributed by atoms with Gasteiger partial charge in [-0.15, -0.1) is 0 Å². The van der Waals surface area contributed by atoms with Crippen molar-refractivity contribution < 1.29 is 4.79 Å². The number of hydrogen-bond acceptors (Lipinski definition) is 2. The predicted molar refractivity (Wildman–Crippen MR) is 82.5 cm³/mol. The largest absolute Gasteiger partial charge is 0.313 e. The number of imidazole rings is 1. The number of para-hydroxylation sites is 2. The molecule has 0 atom stereocenters. The van der Waals surface area contributed by atoms with E-state index in [1.54, 1.807) is 33.4 Å². The average Bonchev–Trinajstić information content (AvgIpc) is 2.73. The fourth-order valence-electron chi connectivity index (χ4n) is 2.46. The minimum atomic E-state index is -0.101. The standard InChI is InChI=1S/C16H14ClN3O/c1-19-13-8-4-5-9-14(13)20(16(19)18)10-15(21)11-6-2-3-7-12(11)17/h2-9,18H,10H2,1H3. The molecule has 0 radical (unpaired) electrons. The molecule has 0 unspecified atom stereocenters. The van der Waals surface area contributed by atoms with Gasteiger partial charge >= 0.3 is 0 Å². The van der Waals surface area contributed by atoms with Gasteiger partial charge in [0, 0.05) is 12.6 Å². The maximum absolute atomic E-state index is 12.4. The van der Waals surface area contributed by atoms with Crippen LogP contribution in [-0.4, -0.2) is 14.9 Å². The van der Waals surface area contributed by atoms with Gasteiger partial charge in [-0.1, -0.05) is 35.9 Å². The summed E-state index contributed by atoms with van der Waals surface area (Å²) in [5.41, 5.74) is 2.57. The molecule has 0 spiro atoms. The molecule has 0 saturated heterocycles. The van der Waals surface area contributed by atoms with Crippen LogP contribution in [0.25, 0.3) is 11.0 Å². The maximum Gasteiger partial charge on any atom is 0.203 e. The van der Waals surface area contributed by atoms with Crippen LogP contribution in [0.5, 0.6) is 0 Å². The van der Waals surface area contributed by atoms with Crippen LogP contribution in [0.1, 0.15) is 10.4 Å². The SMILES string of the molecule is Cn1c(=N)n(CC(=O)c2ccccc2Cl)c2ccccc21. The van der Waals surface area contributed by atoms with E-state index in [4.69, 9.17) is 17.0 Å². The van der Waals surface area contributed by atoms with Gasteiger partial charge in [0.05, 0.1) is 22.6 Å². The number of hydrogen-bond donors (Lipinski definition) is 1. The van der Waals surface area contributed by atoms with Crippen molar-refractivity contribution in [1.29, 1.82) is 5.41 Å². The minimum absolute atomic E-state index is 0.101. The number of nitrogens with zero attached hydrogens (tertiary/aromatic N) is 2. The van der Waals surface area contributed by atoms with Crippen LogP contribution in [0.4, 0.5) is 0 Å². The summed E-state index contributed by atoms with van der Waals surface area (Å²) in [6, 6.07) is 14.6. The van der Waals surface area contributed by atoms with E-state index < -0.39 is 0 Å². The predicted octanol–water partition coefficient (Wildman–Crippen LogP) is 3.00. The molecule has 106 valence electrons. The molecule has 0 aliphatic heterocycles. The van der Waals surface area contributed by atoms with Gasteiger partial charge in [0.15, 0.2) is 5.78 Å². The fourth-order valence-corrected chi connectivity index (χ4v) is 2.70. The summed E-state index contributed by atoms with van der Waals surface area (Å²) in [5.74, 6) is -0.101. The first-order valence-corrected chi connectivity index (χ1v) is 6.94. The van der Waals surface area contributed by atoms with Gasteiger partial charge in [-0.2, -0.15) is 0 Å². The molecular weight excluding hydrogens is 286 g/mol. The van der Waals surface area contributed by atoms with E-state index in [9.17, 15) is 4.79 Å². The summed E-state index contributed by atoms with van der Waals surface area (Å²) in [5, 5.41) is 8.61. The average molecular weight is 300 g/mol. The Labute approximate surface area is 126 Å². The van der Waals surface area contributed by atoms with Gasteiger partial charge in [0.2, 0.25) is 5.62 Å². The molecular formula is C16H14ClN3O. The Bertz CT molecular complexity index is 892. The monoisotopic (exact) mass is 299 g/mol. The zero-order valence-electron chi connectivity index (χ0n) is 11.5. The van der Waals surface area contributed by atoms with E-state index in [1.807, 2.05) is 31.3 Å². The first-order valence-electron chi connectivity index (χ1n) is 6.56. The van der Waals surface area contributed by atoms with Crippen molar-refractivity contribution in [3.63, 3.8) is 0 Å². The highest BCUT2D eigenvalue weighted by Gasteiger charge is 2.14. The molecule has 1 N–H and O–H groups in total. The zero-order valence-corrected chi connectivity index (χ0v) is 12.3. The lowest BCUT2D eigenvalue weighted by molar-refractivity contribution is 0.0971. The number of aryl methyl sites for hydroxylation is 1. The molecule has 1 aromatic heterocycles. The number of fused-ring (bicyclic) bond motifs is 1. The Hall–Kier alpha value is -2.33. The fraction of sp³-hybridized carbons (Fsp3) is 0.125. The van der Waals surface area contributed by atoms with Crippen molar-refractivity contribution in [2.75, 3.05) is 0 Å². The number of carbonyl (C=O) groups excluding carboxylic acids is 1. The van der Waals surface area contributed by atoms with Crippen LogP contribution in [0.15, 0.2) is 48.5 Å². The van der Waals surface area contributed by atoms with Crippen molar-refractivity contribution in [1.82, 2.24) is 9.13 Å². The highest BCUT2D eigenvalue weighted by atomic mass is 35.5. The molecule has 0 bridgehead atoms. The topological polar surface area (TPSA) is 50.8 Å². The van der Waals surface area contributed by atoms with Crippen molar-refractivity contribution in [2.45, 2.75) is 6.54 Å². The summed E-state index contributed by atoms with van der Waals surface area (Å²) in [7, 11) is 1.82. The highest BCUT2D eigenvalue weighted by Crippen LogP contribution is 2.17. The smallest absolute Gasteiger partial charge is 0.203 e. The Morgan fingerprint density at radius 1 is 1.10 bits per heavy atom. The molecule has 2 aromatic carbocycles. The van der Waals surface area contributed by atoms with Crippen LogP contribution < -0.4 is 5.62 Å². The molecule has 4 nitrogen and oxygen atoms in total. The molecule has 0 amide bonds. The van der Waals surface area contributed by atoms with Gasteiger partial charge in [0.1, 0.15) is 0 Å². The van der Waals surface area contributed by atoms with Crippen LogP contribution in [0, 0.1) is 5.41 Å². The number of benzene rings is 2. The van der Waals surface area contributed by atoms with E-state index in [0.717, 1.165) is 11.0 Å². The number of aromatic nitrogens is 2. The summed E-state index contributed by atoms with van der Waals surface area (Å²) >= 11 is 6.07. The number of Topliss-reactive ketones (excluding diaryl/α,β-unsaturated/α-hetero) is 1. The number of nitrogens with one attached hydrogen (secondary N) is 1. The van der Waals surface area contributed by atoms with Crippen molar-refractivity contribution in [3.8, 4) is 0 Å². The Morgan fingerprint density at radius 3 is 2.43 bits per heavy atom. The van der Waals surface area contributed by atoms with Crippen LogP contribution >= 0.6 is 11.6 Å². The Morgan fingerprint density at radius 2 is 1.71 bits per heavy atom. The third kappa shape index (κ3) is 2.28. The summed E-state index contributed by atoms with van der Waals surface area (Å²) in [6.07, 6.45) is 0. The van der Waals surface area contributed by atoms with Gasteiger partial charge in [-0.05, 0) is 24.3 Å². The van der Waals surface area contributed by atoms with E-state index in [2.05, 4.69) is 0 Å². The summed E-state index contributed by atoms with van der Waals surface area (Å²) in [6.45, 7) is 0.101. The quantitative estimate of drug-likeness (QED) is 0.743. The van der Waals surface area contributed by atoms with E-state index >= 15 is 0 Å². The van der Waals surface area contributed by atoms with Gasteiger partial charge in [-0.3, -0.25) is 10.2 Å². The maximum atomic E-state index is 12.4. The third-order valence-electron chi connectivity index (χ3n) is 3.58. The van der Waals surface area contributed by atoms with Crippen LogP contribution in [0.3, 0.4) is 0 Å². The van der Waals surface area contributed by atoms with E-state index in [0.29, 0.717) is 10.6 Å². The highest BCUT2D eigenvalue weighted by molar-refractivity contribution is 6.33. The zero-order chi connectivity index (χ0) is 15.0. The number of carbonyl (C=O) groups is 1. The van der Waals surface area contributed by atoms with Gasteiger partial charge in [-0.25, -0.2) is 0 Å². The molecule has 21 heavy (non-hydrogen) atoms.